The summed E-state index contributed by atoms with van der Waals surface area (Å²) >= 11 is 0. The number of halogens is 2. The first-order chi connectivity index (χ1) is 8.74. The minimum atomic E-state index is -0.899. The smallest absolute Gasteiger partial charge is 0.335 e. The van der Waals surface area contributed by atoms with Crippen LogP contribution >= 0.6 is 24.8 Å². The SMILES string of the molecule is Cl.Cl.O=C(O)c1ccc(CNCCCNCCO)cc1. The second kappa shape index (κ2) is 13.1. The second-order valence-corrected chi connectivity index (χ2v) is 4.01. The van der Waals surface area contributed by atoms with Gasteiger partial charge in [-0.25, -0.2) is 4.79 Å². The number of carbonyl (C=O) groups is 1. The average Bonchev–Trinajstić information content (AvgIpc) is 2.38. The molecule has 0 aliphatic carbocycles. The molecular weight excluding hydrogens is 303 g/mol. The maximum absolute atomic E-state index is 10.7. The highest BCUT2D eigenvalue weighted by Crippen LogP contribution is 2.03. The Balaban J connectivity index is 0. The third-order valence-electron chi connectivity index (χ3n) is 2.53. The molecule has 1 aromatic rings. The average molecular weight is 325 g/mol. The number of hydrogen-bond donors (Lipinski definition) is 4. The molecule has 116 valence electrons. The largest absolute Gasteiger partial charge is 0.478 e. The topological polar surface area (TPSA) is 81.6 Å². The van der Waals surface area contributed by atoms with Crippen molar-refractivity contribution in [2.24, 2.45) is 0 Å². The van der Waals surface area contributed by atoms with Crippen LogP contribution in [0.5, 0.6) is 0 Å². The lowest BCUT2D eigenvalue weighted by Gasteiger charge is -2.06. The summed E-state index contributed by atoms with van der Waals surface area (Å²) in [7, 11) is 0. The van der Waals surface area contributed by atoms with Gasteiger partial charge >= 0.3 is 5.97 Å². The molecule has 1 rings (SSSR count). The molecule has 0 fully saturated rings. The maximum Gasteiger partial charge on any atom is 0.335 e. The van der Waals surface area contributed by atoms with E-state index in [1.807, 2.05) is 12.1 Å². The number of hydrogen-bond acceptors (Lipinski definition) is 4. The molecule has 4 N–H and O–H groups in total. The summed E-state index contributed by atoms with van der Waals surface area (Å²) in [6, 6.07) is 6.87. The molecule has 0 unspecified atom stereocenters. The molecule has 0 heterocycles. The zero-order chi connectivity index (χ0) is 13.2. The summed E-state index contributed by atoms with van der Waals surface area (Å²) < 4.78 is 0. The fourth-order valence-corrected chi connectivity index (χ4v) is 1.54. The number of aromatic carboxylic acids is 1. The van der Waals surface area contributed by atoms with E-state index in [1.165, 1.54) is 0 Å². The minimum Gasteiger partial charge on any atom is -0.478 e. The number of nitrogens with one attached hydrogen (secondary N) is 2. The van der Waals surface area contributed by atoms with E-state index >= 15 is 0 Å². The first kappa shape index (κ1) is 21.4. The molecule has 0 amide bonds. The second-order valence-electron chi connectivity index (χ2n) is 4.01. The molecule has 5 nitrogen and oxygen atoms in total. The zero-order valence-electron chi connectivity index (χ0n) is 11.2. The van der Waals surface area contributed by atoms with Crippen molar-refractivity contribution in [3.8, 4) is 0 Å². The fourth-order valence-electron chi connectivity index (χ4n) is 1.54. The van der Waals surface area contributed by atoms with Crippen molar-refractivity contribution < 1.29 is 15.0 Å². The highest BCUT2D eigenvalue weighted by molar-refractivity contribution is 5.87. The van der Waals surface area contributed by atoms with Crippen LogP contribution in [-0.2, 0) is 6.54 Å². The lowest BCUT2D eigenvalue weighted by Crippen LogP contribution is -2.23. The van der Waals surface area contributed by atoms with Crippen LogP contribution in [0.2, 0.25) is 0 Å². The van der Waals surface area contributed by atoms with E-state index in [-0.39, 0.29) is 31.4 Å². The molecule has 0 atom stereocenters. The quantitative estimate of drug-likeness (QED) is 0.515. The lowest BCUT2D eigenvalue weighted by atomic mass is 10.1. The Morgan fingerprint density at radius 1 is 1.00 bits per heavy atom. The summed E-state index contributed by atoms with van der Waals surface area (Å²) in [6.07, 6.45) is 0.993. The number of carboxylic acids is 1. The van der Waals surface area contributed by atoms with Crippen molar-refractivity contribution in [1.29, 1.82) is 0 Å². The van der Waals surface area contributed by atoms with Crippen molar-refractivity contribution in [2.45, 2.75) is 13.0 Å². The predicted octanol–water partition coefficient (Wildman–Crippen LogP) is 1.29. The molecule has 0 aliphatic rings. The van der Waals surface area contributed by atoms with Crippen molar-refractivity contribution in [2.75, 3.05) is 26.2 Å². The van der Waals surface area contributed by atoms with Gasteiger partial charge in [0.25, 0.3) is 0 Å². The molecule has 20 heavy (non-hydrogen) atoms. The Kier molecular flexibility index (Phi) is 14.1. The molecule has 0 aromatic heterocycles. The van der Waals surface area contributed by atoms with E-state index in [2.05, 4.69) is 10.6 Å². The van der Waals surface area contributed by atoms with Crippen LogP contribution in [0.15, 0.2) is 24.3 Å². The van der Waals surface area contributed by atoms with Crippen molar-refractivity contribution in [3.63, 3.8) is 0 Å². The van der Waals surface area contributed by atoms with Gasteiger partial charge in [-0.1, -0.05) is 12.1 Å². The van der Waals surface area contributed by atoms with Gasteiger partial charge < -0.3 is 20.8 Å². The molecule has 1 aromatic carbocycles. The Hall–Kier alpha value is -0.850. The van der Waals surface area contributed by atoms with Crippen LogP contribution < -0.4 is 10.6 Å². The van der Waals surface area contributed by atoms with Gasteiger partial charge in [-0.05, 0) is 37.2 Å². The third-order valence-corrected chi connectivity index (χ3v) is 2.53. The highest BCUT2D eigenvalue weighted by atomic mass is 35.5. The van der Waals surface area contributed by atoms with Gasteiger partial charge in [-0.3, -0.25) is 0 Å². The Labute approximate surface area is 131 Å². The molecule has 0 saturated carbocycles. The van der Waals surface area contributed by atoms with Gasteiger partial charge in [0.05, 0.1) is 12.2 Å². The first-order valence-electron chi connectivity index (χ1n) is 6.08. The van der Waals surface area contributed by atoms with Gasteiger partial charge in [0.1, 0.15) is 0 Å². The van der Waals surface area contributed by atoms with Crippen LogP contribution in [-0.4, -0.2) is 42.4 Å². The van der Waals surface area contributed by atoms with Crippen LogP contribution in [0.3, 0.4) is 0 Å². The highest BCUT2D eigenvalue weighted by Gasteiger charge is 2.01. The number of rotatable bonds is 9. The van der Waals surface area contributed by atoms with E-state index in [4.69, 9.17) is 10.2 Å². The standard InChI is InChI=1S/C13H20N2O3.2ClH/c16-9-8-14-6-1-7-15-10-11-2-4-12(5-3-11)13(17)18;;/h2-5,14-16H,1,6-10H2,(H,17,18);2*1H. The lowest BCUT2D eigenvalue weighted by molar-refractivity contribution is 0.0697. The monoisotopic (exact) mass is 324 g/mol. The van der Waals surface area contributed by atoms with Gasteiger partial charge in [0.2, 0.25) is 0 Å². The molecular formula is C13H22Cl2N2O3. The van der Waals surface area contributed by atoms with E-state index in [0.29, 0.717) is 12.1 Å². The maximum atomic E-state index is 10.7. The molecule has 0 saturated heterocycles. The third kappa shape index (κ3) is 9.12. The van der Waals surface area contributed by atoms with Gasteiger partial charge in [0.15, 0.2) is 0 Å². The first-order valence-corrected chi connectivity index (χ1v) is 6.08. The van der Waals surface area contributed by atoms with E-state index in [0.717, 1.165) is 31.6 Å². The molecule has 0 aliphatic heterocycles. The molecule has 0 radical (unpaired) electrons. The van der Waals surface area contributed by atoms with Crippen molar-refractivity contribution >= 4 is 30.8 Å². The predicted molar refractivity (Wildman–Crippen MR) is 84.2 cm³/mol. The van der Waals surface area contributed by atoms with Gasteiger partial charge in [0, 0.05) is 13.1 Å². The summed E-state index contributed by atoms with van der Waals surface area (Å²) in [5.74, 6) is -0.899. The zero-order valence-corrected chi connectivity index (χ0v) is 12.8. The van der Waals surface area contributed by atoms with E-state index < -0.39 is 5.97 Å². The molecule has 7 heteroatoms. The summed E-state index contributed by atoms with van der Waals surface area (Å²) in [5.41, 5.74) is 1.38. The number of aliphatic hydroxyl groups is 1. The van der Waals surface area contributed by atoms with Crippen molar-refractivity contribution in [3.05, 3.63) is 35.4 Å². The normalized spacial score (nSPS) is 9.45. The minimum absolute atomic E-state index is 0. The van der Waals surface area contributed by atoms with Crippen LogP contribution in [0.1, 0.15) is 22.3 Å². The fraction of sp³-hybridized carbons (Fsp3) is 0.462. The summed E-state index contributed by atoms with van der Waals surface area (Å²) in [4.78, 5) is 10.7. The summed E-state index contributed by atoms with van der Waals surface area (Å²) in [6.45, 7) is 3.31. The number of aliphatic hydroxyl groups excluding tert-OH is 1. The van der Waals surface area contributed by atoms with E-state index in [1.54, 1.807) is 12.1 Å². The van der Waals surface area contributed by atoms with Gasteiger partial charge in [-0.2, -0.15) is 0 Å². The Bertz CT molecular complexity index is 361. The van der Waals surface area contributed by atoms with Crippen LogP contribution in [0, 0.1) is 0 Å². The summed E-state index contributed by atoms with van der Waals surface area (Å²) in [5, 5.41) is 23.7. The number of benzene rings is 1. The molecule has 0 bridgehead atoms. The molecule has 0 spiro atoms. The van der Waals surface area contributed by atoms with Crippen molar-refractivity contribution in [1.82, 2.24) is 10.6 Å². The van der Waals surface area contributed by atoms with Gasteiger partial charge in [-0.15, -0.1) is 24.8 Å². The van der Waals surface area contributed by atoms with E-state index in [9.17, 15) is 4.79 Å². The number of carboxylic acid groups (broad SMARTS) is 1. The van der Waals surface area contributed by atoms with Crippen LogP contribution in [0.25, 0.3) is 0 Å². The van der Waals surface area contributed by atoms with Crippen LogP contribution in [0.4, 0.5) is 0 Å². The Morgan fingerprint density at radius 2 is 1.60 bits per heavy atom. The Morgan fingerprint density at radius 3 is 2.15 bits per heavy atom.